The Hall–Kier alpha value is -3.23. The second-order valence-corrected chi connectivity index (χ2v) is 64.4. The highest BCUT2D eigenvalue weighted by molar-refractivity contribution is 6.89. The molecule has 0 atom stereocenters. The topological polar surface area (TPSA) is 247 Å². The van der Waals surface area contributed by atoms with Crippen molar-refractivity contribution < 1.29 is 39.5 Å². The summed E-state index contributed by atoms with van der Waals surface area (Å²) in [4.78, 5) is 32.3. The molecule has 0 unspecified atom stereocenters. The molecular weight excluding hydrogens is 1130 g/mol. The van der Waals surface area contributed by atoms with E-state index in [-0.39, 0.29) is 26.9 Å². The van der Waals surface area contributed by atoms with Crippen LogP contribution in [0.4, 0.5) is 39.8 Å². The quantitative estimate of drug-likeness (QED) is 0.0159. The summed E-state index contributed by atoms with van der Waals surface area (Å²) >= 11 is 0. The van der Waals surface area contributed by atoms with Crippen molar-refractivity contribution in [3.8, 4) is 0 Å². The van der Waals surface area contributed by atoms with Crippen LogP contribution in [0.15, 0.2) is 60.7 Å². The van der Waals surface area contributed by atoms with Crippen LogP contribution in [0, 0.1) is 37.3 Å². The third kappa shape index (κ3) is 32.6. The van der Waals surface area contributed by atoms with Gasteiger partial charge in [0.05, 0.1) is 14.8 Å². The number of nitrogens with zero attached hydrogens (tertiary/aromatic N) is 3. The molecular formula is C49H99N7O12Si9. The standard InChI is InChI=1S/C17H34N2O4Si3.C16H33N3O4Si3.C16H32N2O4Si3/c1-15-10-11-16(17(14-15)19(20)21)18-12-9-13-26(8,22-24(2,3)4)23-25(5,6)7;1-24(2,3)22-26(7,23-25(4,5)6)12-8-11-18-15-10-9-14(17)13-16(15)19(20)21;1-23(2,3)21-25(7,22-24(4,5)6)14-10-13-17-15-11-8-9-12-16(15)18(19)20/h10-11,14,18H,9,12-13H2,1-8H3;9-10,13,18H,8,11-12,17H2,1-7H3;8-9,11-12,17H,10,13-14H2,1-7H3. The first-order valence-electron chi connectivity index (χ1n) is 26.7. The van der Waals surface area contributed by atoms with Crippen molar-refractivity contribution in [3.05, 3.63) is 96.6 Å². The van der Waals surface area contributed by atoms with Gasteiger partial charge in [-0.05, 0) is 212 Å². The first-order valence-corrected chi connectivity index (χ1v) is 54.7. The van der Waals surface area contributed by atoms with Crippen molar-refractivity contribution in [3.63, 3.8) is 0 Å². The van der Waals surface area contributed by atoms with E-state index in [1.807, 2.05) is 13.0 Å². The Kier molecular flexibility index (Phi) is 28.0. The normalized spacial score (nSPS) is 12.9. The Morgan fingerprint density at radius 2 is 0.675 bits per heavy atom. The lowest BCUT2D eigenvalue weighted by molar-refractivity contribution is -0.384. The number of anilines is 4. The van der Waals surface area contributed by atoms with E-state index in [4.69, 9.17) is 30.4 Å². The van der Waals surface area contributed by atoms with E-state index in [2.05, 4.69) is 153 Å². The van der Waals surface area contributed by atoms with Crippen LogP contribution in [0.1, 0.15) is 24.8 Å². The van der Waals surface area contributed by atoms with Crippen LogP contribution in [0.3, 0.4) is 0 Å². The van der Waals surface area contributed by atoms with Gasteiger partial charge in [-0.3, -0.25) is 30.3 Å². The summed E-state index contributed by atoms with van der Waals surface area (Å²) in [6.07, 6.45) is 2.56. The third-order valence-electron chi connectivity index (χ3n) is 10.2. The van der Waals surface area contributed by atoms with Crippen LogP contribution in [-0.2, 0) is 24.7 Å². The van der Waals surface area contributed by atoms with Crippen molar-refractivity contribution >= 4 is 115 Å². The number of nitrogens with two attached hydrogens (primary N) is 1. The molecule has 438 valence electrons. The van der Waals surface area contributed by atoms with Crippen LogP contribution in [0.2, 0.25) is 156 Å². The first kappa shape index (κ1) is 71.8. The van der Waals surface area contributed by atoms with E-state index >= 15 is 0 Å². The summed E-state index contributed by atoms with van der Waals surface area (Å²) in [6.45, 7) is 49.7. The highest BCUT2D eigenvalue weighted by atomic mass is 28.5. The van der Waals surface area contributed by atoms with Gasteiger partial charge >= 0.3 is 25.7 Å². The molecule has 0 aliphatic heterocycles. The molecule has 5 N–H and O–H groups in total. The summed E-state index contributed by atoms with van der Waals surface area (Å²) < 4.78 is 38.8. The molecule has 3 aromatic carbocycles. The maximum atomic E-state index is 11.2. The van der Waals surface area contributed by atoms with Gasteiger partial charge in [-0.2, -0.15) is 0 Å². The van der Waals surface area contributed by atoms with Crippen molar-refractivity contribution in [2.45, 2.75) is 182 Å². The monoisotopic (exact) mass is 1230 g/mol. The number of aryl methyl sites for hydroxylation is 1. The Morgan fingerprint density at radius 3 is 0.974 bits per heavy atom. The minimum atomic E-state index is -2.27. The van der Waals surface area contributed by atoms with Gasteiger partial charge in [-0.25, -0.2) is 0 Å². The summed E-state index contributed by atoms with van der Waals surface area (Å²) in [6, 6.07) is 19.3. The molecule has 0 bridgehead atoms. The molecule has 19 nitrogen and oxygen atoms in total. The number of nitro benzene ring substituents is 3. The minimum Gasteiger partial charge on any atom is -0.437 e. The Balaban J connectivity index is 0.000000578. The smallest absolute Gasteiger partial charge is 0.314 e. The predicted octanol–water partition coefficient (Wildman–Crippen LogP) is 15.4. The summed E-state index contributed by atoms with van der Waals surface area (Å²) in [5.74, 6) is 0. The molecule has 0 aliphatic rings. The number of hydrogen-bond donors (Lipinski definition) is 4. The maximum absolute atomic E-state index is 11.2. The molecule has 0 saturated carbocycles. The molecule has 0 spiro atoms. The summed E-state index contributed by atoms with van der Waals surface area (Å²) in [5, 5.41) is 43.0. The van der Waals surface area contributed by atoms with Gasteiger partial charge in [0.1, 0.15) is 17.1 Å². The number of nitrogens with one attached hydrogen (secondary N) is 3. The first-order chi connectivity index (χ1) is 34.7. The van der Waals surface area contributed by atoms with Gasteiger partial charge in [0.25, 0.3) is 17.1 Å². The molecule has 3 rings (SSSR count). The SMILES string of the molecule is C[Si](C)(C)O[Si](C)(CCCNc1ccc(N)cc1[N+](=O)[O-])O[Si](C)(C)C.C[Si](C)(C)O[Si](C)(CCCNc1ccccc1[N+](=O)[O-])O[Si](C)(C)C.Cc1ccc(NCCC[Si](C)(O[Si](C)(C)C)O[Si](C)(C)C)c([N+](=O)[O-])c1. The lowest BCUT2D eigenvalue weighted by atomic mass is 10.2. The van der Waals surface area contributed by atoms with Crippen LogP contribution in [0.5, 0.6) is 0 Å². The lowest BCUT2D eigenvalue weighted by Gasteiger charge is -2.38. The van der Waals surface area contributed by atoms with Crippen LogP contribution in [-0.4, -0.2) is 110 Å². The fraction of sp³-hybridized carbons (Fsp3) is 0.633. The molecule has 0 fully saturated rings. The number of benzene rings is 3. The number of para-hydroxylation sites is 2. The van der Waals surface area contributed by atoms with Gasteiger partial charge < -0.3 is 46.4 Å². The van der Waals surface area contributed by atoms with E-state index in [9.17, 15) is 30.3 Å². The largest absolute Gasteiger partial charge is 0.437 e. The summed E-state index contributed by atoms with van der Waals surface area (Å²) in [7, 11) is -17.0. The molecule has 0 aliphatic carbocycles. The van der Waals surface area contributed by atoms with Crippen LogP contribution >= 0.6 is 0 Å². The molecule has 0 radical (unpaired) electrons. The Labute approximate surface area is 471 Å². The predicted molar refractivity (Wildman–Crippen MR) is 344 cm³/mol. The van der Waals surface area contributed by atoms with Crippen LogP contribution < -0.4 is 21.7 Å². The second kappa shape index (κ2) is 30.0. The second-order valence-electron chi connectivity index (χ2n) is 25.9. The van der Waals surface area contributed by atoms with Gasteiger partial charge in [0.2, 0.25) is 0 Å². The highest BCUT2D eigenvalue weighted by Gasteiger charge is 2.42. The number of rotatable bonds is 30. The van der Waals surface area contributed by atoms with E-state index in [0.717, 1.165) is 43.0 Å². The van der Waals surface area contributed by atoms with Crippen molar-refractivity contribution in [1.82, 2.24) is 0 Å². The molecule has 0 heterocycles. The van der Waals surface area contributed by atoms with E-state index < -0.39 is 80.5 Å². The molecule has 28 heteroatoms. The zero-order valence-corrected chi connectivity index (χ0v) is 60.0. The Bertz CT molecular complexity index is 2200. The van der Waals surface area contributed by atoms with Crippen molar-refractivity contribution in [2.75, 3.05) is 41.3 Å². The average Bonchev–Trinajstić information content (AvgIpc) is 3.20. The molecule has 77 heavy (non-hydrogen) atoms. The zero-order chi connectivity index (χ0) is 59.6. The van der Waals surface area contributed by atoms with E-state index in [0.29, 0.717) is 42.4 Å². The van der Waals surface area contributed by atoms with Crippen LogP contribution in [0.25, 0.3) is 0 Å². The van der Waals surface area contributed by atoms with Gasteiger partial charge in [-0.15, -0.1) is 0 Å². The van der Waals surface area contributed by atoms with E-state index in [1.54, 1.807) is 42.5 Å². The van der Waals surface area contributed by atoms with Crippen molar-refractivity contribution in [2.24, 2.45) is 0 Å². The maximum Gasteiger partial charge on any atom is 0.314 e. The number of nitro groups is 3. The summed E-state index contributed by atoms with van der Waals surface area (Å²) in [5.41, 5.74) is 8.77. The zero-order valence-electron chi connectivity index (χ0n) is 51.0. The fourth-order valence-electron chi connectivity index (χ4n) is 8.73. The van der Waals surface area contributed by atoms with E-state index in [1.165, 1.54) is 12.1 Å². The average molecular weight is 1230 g/mol. The van der Waals surface area contributed by atoms with Gasteiger partial charge in [0.15, 0.2) is 49.9 Å². The fourth-order valence-corrected chi connectivity index (χ4v) is 46.3. The van der Waals surface area contributed by atoms with Gasteiger partial charge in [0, 0.05) is 43.5 Å². The molecule has 3 aromatic rings. The molecule has 0 amide bonds. The lowest BCUT2D eigenvalue weighted by Crippen LogP contribution is -2.52. The third-order valence-corrected chi connectivity index (χ3v) is 39.0. The molecule has 0 saturated heterocycles. The number of nitrogen functional groups attached to an aromatic ring is 1. The number of hydrogen-bond acceptors (Lipinski definition) is 16. The molecule has 0 aromatic heterocycles. The Morgan fingerprint density at radius 1 is 0.403 bits per heavy atom. The van der Waals surface area contributed by atoms with Gasteiger partial charge in [-0.1, -0.05) is 18.2 Å². The van der Waals surface area contributed by atoms with Crippen molar-refractivity contribution in [1.29, 1.82) is 0 Å². The highest BCUT2D eigenvalue weighted by Crippen LogP contribution is 2.32. The minimum absolute atomic E-state index is 0.00158.